The molecule has 1 aromatic heterocycles. The summed E-state index contributed by atoms with van der Waals surface area (Å²) in [7, 11) is 0. The Morgan fingerprint density at radius 3 is 2.57 bits per heavy atom. The average Bonchev–Trinajstić information content (AvgIpc) is 3.73. The zero-order valence-electron chi connectivity index (χ0n) is 26.2. The molecule has 7 aliphatic rings. The molecular formula is C37H40F3NO4S. The van der Waals surface area contributed by atoms with E-state index in [0.29, 0.717) is 37.9 Å². The van der Waals surface area contributed by atoms with Crippen LogP contribution in [-0.4, -0.2) is 46.7 Å². The molecule has 1 aromatic carbocycles. The monoisotopic (exact) mass is 651 g/mol. The van der Waals surface area contributed by atoms with Gasteiger partial charge in [0.2, 0.25) is 0 Å². The molecular weight excluding hydrogens is 611 g/mol. The maximum absolute atomic E-state index is 14.7. The Morgan fingerprint density at radius 2 is 1.80 bits per heavy atom. The Bertz CT molecular complexity index is 1670. The van der Waals surface area contributed by atoms with Gasteiger partial charge in [-0.15, -0.1) is 11.3 Å². The smallest absolute Gasteiger partial charge is 0.416 e. The van der Waals surface area contributed by atoms with Gasteiger partial charge < -0.3 is 14.7 Å². The van der Waals surface area contributed by atoms with Gasteiger partial charge in [0.25, 0.3) is 0 Å². The first-order valence-corrected chi connectivity index (χ1v) is 17.5. The zero-order valence-corrected chi connectivity index (χ0v) is 27.1. The molecule has 8 atom stereocenters. The van der Waals surface area contributed by atoms with Crippen LogP contribution in [0.3, 0.4) is 0 Å². The van der Waals surface area contributed by atoms with Crippen LogP contribution in [0.15, 0.2) is 65.6 Å². The second-order valence-corrected chi connectivity index (χ2v) is 16.3. The van der Waals surface area contributed by atoms with Crippen molar-refractivity contribution >= 4 is 23.2 Å². The van der Waals surface area contributed by atoms with E-state index in [1.165, 1.54) is 17.0 Å². The zero-order chi connectivity index (χ0) is 32.3. The molecule has 1 N–H and O–H groups in total. The van der Waals surface area contributed by atoms with Crippen molar-refractivity contribution in [3.63, 3.8) is 0 Å². The number of aliphatic hydroxyl groups excluding tert-OH is 1. The summed E-state index contributed by atoms with van der Waals surface area (Å²) in [6.45, 7) is 5.62. The first-order valence-electron chi connectivity index (χ1n) is 16.6. The quantitative estimate of drug-likeness (QED) is 0.261. The van der Waals surface area contributed by atoms with Crippen LogP contribution in [0.2, 0.25) is 0 Å². The fourth-order valence-corrected chi connectivity index (χ4v) is 11.9. The highest BCUT2D eigenvalue weighted by molar-refractivity contribution is 7.09. The number of ether oxygens (including phenoxy) is 1. The van der Waals surface area contributed by atoms with Crippen LogP contribution in [0.4, 0.5) is 18.0 Å². The van der Waals surface area contributed by atoms with Gasteiger partial charge in [0.05, 0.1) is 18.2 Å². The number of hydrogen-bond acceptors (Lipinski definition) is 5. The van der Waals surface area contributed by atoms with Crippen molar-refractivity contribution in [2.24, 2.45) is 33.5 Å². The first-order chi connectivity index (χ1) is 21.8. The molecule has 3 saturated carbocycles. The minimum atomic E-state index is -4.56. The van der Waals surface area contributed by atoms with Crippen LogP contribution in [0, 0.1) is 33.5 Å². The fourth-order valence-electron chi connectivity index (χ4n) is 11.2. The number of rotatable bonds is 5. The molecule has 2 bridgehead atoms. The Labute approximate surface area is 271 Å². The van der Waals surface area contributed by atoms with Crippen LogP contribution >= 0.6 is 11.3 Å². The van der Waals surface area contributed by atoms with Crippen LogP contribution in [0.1, 0.15) is 79.6 Å². The number of nitrogens with zero attached hydrogens (tertiary/aromatic N) is 1. The van der Waals surface area contributed by atoms with E-state index in [1.54, 1.807) is 11.3 Å². The van der Waals surface area contributed by atoms with Gasteiger partial charge in [-0.3, -0.25) is 4.79 Å². The van der Waals surface area contributed by atoms with Gasteiger partial charge in [0.1, 0.15) is 5.60 Å². The molecule has 244 valence electrons. The van der Waals surface area contributed by atoms with E-state index in [9.17, 15) is 27.9 Å². The largest absolute Gasteiger partial charge is 0.440 e. The summed E-state index contributed by atoms with van der Waals surface area (Å²) in [6, 6.07) is 8.88. The average molecular weight is 652 g/mol. The number of benzene rings is 1. The molecule has 5 nitrogen and oxygen atoms in total. The van der Waals surface area contributed by atoms with Crippen LogP contribution in [-0.2, 0) is 17.3 Å². The highest BCUT2D eigenvalue weighted by Crippen LogP contribution is 2.79. The van der Waals surface area contributed by atoms with Gasteiger partial charge in [0, 0.05) is 38.8 Å². The van der Waals surface area contributed by atoms with E-state index in [1.807, 2.05) is 16.3 Å². The van der Waals surface area contributed by atoms with Crippen molar-refractivity contribution in [2.45, 2.75) is 83.1 Å². The molecule has 1 aliphatic heterocycles. The summed E-state index contributed by atoms with van der Waals surface area (Å²) in [6.07, 6.45) is 6.97. The lowest BCUT2D eigenvalue weighted by atomic mass is 9.32. The minimum absolute atomic E-state index is 0.0386. The van der Waals surface area contributed by atoms with Crippen molar-refractivity contribution in [1.29, 1.82) is 0 Å². The predicted octanol–water partition coefficient (Wildman–Crippen LogP) is 8.24. The third-order valence-electron chi connectivity index (χ3n) is 13.6. The molecule has 2 aromatic rings. The summed E-state index contributed by atoms with van der Waals surface area (Å²) in [5.74, 6) is -0.330. The third-order valence-corrected chi connectivity index (χ3v) is 14.5. The number of amides is 1. The number of carbonyl (C=O) groups is 2. The first kappa shape index (κ1) is 30.4. The molecule has 8 unspecified atom stereocenters. The number of aliphatic hydroxyl groups is 1. The van der Waals surface area contributed by atoms with Crippen LogP contribution in [0.25, 0.3) is 0 Å². The van der Waals surface area contributed by atoms with Crippen molar-refractivity contribution < 1.29 is 32.6 Å². The molecule has 1 amide bonds. The van der Waals surface area contributed by atoms with E-state index >= 15 is 0 Å². The molecule has 1 saturated heterocycles. The number of alkyl halides is 3. The number of ketones is 1. The van der Waals surface area contributed by atoms with Gasteiger partial charge in [0.15, 0.2) is 5.78 Å². The van der Waals surface area contributed by atoms with Crippen molar-refractivity contribution in [2.75, 3.05) is 13.1 Å². The lowest BCUT2D eigenvalue weighted by Gasteiger charge is -2.71. The van der Waals surface area contributed by atoms with E-state index in [-0.39, 0.29) is 34.7 Å². The summed E-state index contributed by atoms with van der Waals surface area (Å²) in [5.41, 5.74) is -2.84. The van der Waals surface area contributed by atoms with Crippen molar-refractivity contribution in [3.05, 3.63) is 81.6 Å². The standard InChI is InChI=1S/C37H40F3NO4S/c1-32-12-8-25(42)20-34(32)15-16-36(27(21-34)30(43)23-5-3-6-24(19-23)37(38,39)40)28(32)9-13-33(2)29(36)10-14-35(33)22-41(31(44)45-35)17-11-26-7-4-18-46-26/h3-7,15-16,18-19,21,25,28-29,42H,8-14,17,20,22H2,1-2H3. The number of carbonyl (C=O) groups excluding carboxylic acids is 2. The Balaban J connectivity index is 1.22. The molecule has 6 aliphatic carbocycles. The SMILES string of the molecule is CC12CCC(O)CC13C=CC1(C(C(=O)c4cccc(C(F)(F)F)c4)=C3)C2CCC2(C)C1CCC21CN(CCc2cccs2)C(=O)O1. The molecule has 9 heteroatoms. The minimum Gasteiger partial charge on any atom is -0.440 e. The summed E-state index contributed by atoms with van der Waals surface area (Å²) < 4.78 is 47.8. The van der Waals surface area contributed by atoms with Crippen LogP contribution in [0.5, 0.6) is 0 Å². The number of hydrogen-bond donors (Lipinski definition) is 1. The van der Waals surface area contributed by atoms with Gasteiger partial charge in [-0.25, -0.2) is 4.79 Å². The summed E-state index contributed by atoms with van der Waals surface area (Å²) in [4.78, 5) is 31.1. The second kappa shape index (κ2) is 9.82. The number of thiophene rings is 1. The Morgan fingerprint density at radius 1 is 1.04 bits per heavy atom. The highest BCUT2D eigenvalue weighted by atomic mass is 32.1. The van der Waals surface area contributed by atoms with E-state index in [2.05, 4.69) is 38.1 Å². The predicted molar refractivity (Wildman–Crippen MR) is 168 cm³/mol. The van der Waals surface area contributed by atoms with E-state index in [0.717, 1.165) is 44.2 Å². The molecule has 3 spiro atoms. The highest BCUT2D eigenvalue weighted by Gasteiger charge is 2.76. The maximum Gasteiger partial charge on any atom is 0.416 e. The van der Waals surface area contributed by atoms with Gasteiger partial charge in [-0.05, 0) is 92.2 Å². The number of Topliss-reactive ketones (excluding diaryl/α,β-unsaturated/α-hetero) is 1. The third kappa shape index (κ3) is 3.90. The molecule has 46 heavy (non-hydrogen) atoms. The lowest BCUT2D eigenvalue weighted by Crippen LogP contribution is -2.67. The fraction of sp³-hybridized carbons (Fsp3) is 0.568. The van der Waals surface area contributed by atoms with Crippen molar-refractivity contribution in [1.82, 2.24) is 4.90 Å². The topological polar surface area (TPSA) is 66.8 Å². The normalized spacial score (nSPS) is 40.8. The Kier molecular flexibility index (Phi) is 6.49. The number of fused-ring (bicyclic) bond motifs is 2. The summed E-state index contributed by atoms with van der Waals surface area (Å²) >= 11 is 1.68. The van der Waals surface area contributed by atoms with Crippen molar-refractivity contribution in [3.8, 4) is 0 Å². The number of halogens is 3. The molecule has 4 fully saturated rings. The lowest BCUT2D eigenvalue weighted by molar-refractivity contribution is -0.164. The molecule has 9 rings (SSSR count). The van der Waals surface area contributed by atoms with Gasteiger partial charge in [-0.2, -0.15) is 13.2 Å². The summed E-state index contributed by atoms with van der Waals surface area (Å²) in [5, 5.41) is 12.9. The maximum atomic E-state index is 14.7. The Hall–Kier alpha value is -2.91. The van der Waals surface area contributed by atoms with E-state index < -0.39 is 39.7 Å². The second-order valence-electron chi connectivity index (χ2n) is 15.3. The molecule has 0 radical (unpaired) electrons. The van der Waals surface area contributed by atoms with Gasteiger partial charge >= 0.3 is 12.3 Å². The van der Waals surface area contributed by atoms with Gasteiger partial charge in [-0.1, -0.05) is 50.3 Å². The number of allylic oxidation sites excluding steroid dienone is 4. The molecule has 2 heterocycles. The van der Waals surface area contributed by atoms with E-state index in [4.69, 9.17) is 4.74 Å². The van der Waals surface area contributed by atoms with Crippen LogP contribution < -0.4 is 0 Å².